The number of hydrogen-bond donors (Lipinski definition) is 0. The van der Waals surface area contributed by atoms with Gasteiger partial charge < -0.3 is 4.90 Å². The van der Waals surface area contributed by atoms with Crippen LogP contribution in [0, 0.1) is 0 Å². The van der Waals surface area contributed by atoms with Gasteiger partial charge in [-0.25, -0.2) is 0 Å². The third kappa shape index (κ3) is 4.35. The van der Waals surface area contributed by atoms with Crippen LogP contribution in [-0.4, -0.2) is 29.2 Å². The third-order valence-electron chi connectivity index (χ3n) is 2.49. The Kier molecular flexibility index (Phi) is 6.16. The maximum Gasteiger partial charge on any atom is 0.226 e. The summed E-state index contributed by atoms with van der Waals surface area (Å²) in [7, 11) is 0. The summed E-state index contributed by atoms with van der Waals surface area (Å²) in [5.41, 5.74) is 1.09. The number of hydrogen-bond acceptors (Lipinski definition) is 1. The van der Waals surface area contributed by atoms with E-state index >= 15 is 0 Å². The first-order chi connectivity index (χ1) is 7.77. The molecule has 1 rings (SSSR count). The monoisotopic (exact) mass is 283 g/mol. The topological polar surface area (TPSA) is 20.3 Å². The fourth-order valence-corrected chi connectivity index (χ4v) is 1.84. The predicted molar refractivity (Wildman–Crippen MR) is 70.8 cm³/mol. The van der Waals surface area contributed by atoms with Crippen molar-refractivity contribution in [1.82, 2.24) is 4.90 Å². The van der Waals surface area contributed by atoms with Gasteiger partial charge in [-0.2, -0.15) is 0 Å². The van der Waals surface area contributed by atoms with E-state index in [0.717, 1.165) is 30.4 Å². The average Bonchev–Trinajstić information content (AvgIpc) is 2.31. The van der Waals surface area contributed by atoms with Crippen molar-refractivity contribution in [3.05, 3.63) is 35.9 Å². The molecule has 0 aromatic heterocycles. The summed E-state index contributed by atoms with van der Waals surface area (Å²) in [5, 5.41) is 0.947. The summed E-state index contributed by atoms with van der Waals surface area (Å²) in [6.07, 6.45) is 1.52. The van der Waals surface area contributed by atoms with Crippen LogP contribution in [0.25, 0.3) is 0 Å². The first-order valence-corrected chi connectivity index (χ1v) is 6.77. The first-order valence-electron chi connectivity index (χ1n) is 5.65. The number of likely N-dealkylation sites (N-methyl/N-ethyl adjacent to an activating group) is 1. The van der Waals surface area contributed by atoms with Crippen molar-refractivity contribution in [2.75, 3.05) is 18.4 Å². The lowest BCUT2D eigenvalue weighted by atomic mass is 10.1. The molecule has 1 aromatic rings. The Hall–Kier alpha value is -0.830. The zero-order valence-corrected chi connectivity index (χ0v) is 11.2. The highest BCUT2D eigenvalue weighted by atomic mass is 79.9. The molecule has 0 aliphatic heterocycles. The van der Waals surface area contributed by atoms with E-state index in [1.54, 1.807) is 0 Å². The Bertz CT molecular complexity index is 313. The maximum atomic E-state index is 12.0. The fourth-order valence-electron chi connectivity index (χ4n) is 1.59. The molecular weight excluding hydrogens is 266 g/mol. The lowest BCUT2D eigenvalue weighted by molar-refractivity contribution is -0.130. The van der Waals surface area contributed by atoms with Gasteiger partial charge in [0.25, 0.3) is 0 Å². The van der Waals surface area contributed by atoms with Crippen molar-refractivity contribution >= 4 is 21.8 Å². The SMILES string of the molecule is CCN(CCCBr)C(=O)Cc1ccccc1. The van der Waals surface area contributed by atoms with E-state index in [4.69, 9.17) is 0 Å². The standard InChI is InChI=1S/C13H18BrNO/c1-2-15(10-6-9-14)13(16)11-12-7-4-3-5-8-12/h3-5,7-8H,2,6,9-11H2,1H3. The highest BCUT2D eigenvalue weighted by molar-refractivity contribution is 9.09. The number of carbonyl (C=O) groups is 1. The summed E-state index contributed by atoms with van der Waals surface area (Å²) in [6.45, 7) is 3.66. The Morgan fingerprint density at radius 3 is 2.56 bits per heavy atom. The smallest absolute Gasteiger partial charge is 0.226 e. The molecule has 0 spiro atoms. The van der Waals surface area contributed by atoms with Crippen LogP contribution in [0.4, 0.5) is 0 Å². The van der Waals surface area contributed by atoms with Gasteiger partial charge in [0.05, 0.1) is 6.42 Å². The van der Waals surface area contributed by atoms with Crippen molar-refractivity contribution in [3.8, 4) is 0 Å². The van der Waals surface area contributed by atoms with E-state index in [1.165, 1.54) is 0 Å². The number of nitrogens with zero attached hydrogens (tertiary/aromatic N) is 1. The Morgan fingerprint density at radius 2 is 2.00 bits per heavy atom. The molecule has 0 fully saturated rings. The molecule has 0 N–H and O–H groups in total. The van der Waals surface area contributed by atoms with Crippen molar-refractivity contribution in [2.24, 2.45) is 0 Å². The minimum absolute atomic E-state index is 0.217. The predicted octanol–water partition coefficient (Wildman–Crippen LogP) is 2.86. The number of carbonyl (C=O) groups excluding carboxylic acids is 1. The number of rotatable bonds is 6. The second kappa shape index (κ2) is 7.44. The third-order valence-corrected chi connectivity index (χ3v) is 3.05. The lowest BCUT2D eigenvalue weighted by Gasteiger charge is -2.20. The van der Waals surface area contributed by atoms with Gasteiger partial charge in [0, 0.05) is 18.4 Å². The highest BCUT2D eigenvalue weighted by Crippen LogP contribution is 2.04. The van der Waals surface area contributed by atoms with Crippen LogP contribution in [0.3, 0.4) is 0 Å². The van der Waals surface area contributed by atoms with Gasteiger partial charge in [0.1, 0.15) is 0 Å². The van der Waals surface area contributed by atoms with Gasteiger partial charge in [0.15, 0.2) is 0 Å². The van der Waals surface area contributed by atoms with E-state index in [2.05, 4.69) is 15.9 Å². The molecule has 0 radical (unpaired) electrons. The van der Waals surface area contributed by atoms with Crippen LogP contribution in [0.15, 0.2) is 30.3 Å². The highest BCUT2D eigenvalue weighted by Gasteiger charge is 2.11. The van der Waals surface area contributed by atoms with E-state index in [1.807, 2.05) is 42.2 Å². The van der Waals surface area contributed by atoms with Gasteiger partial charge >= 0.3 is 0 Å². The molecule has 0 bridgehead atoms. The molecule has 0 aliphatic rings. The Labute approximate surface area is 106 Å². The molecule has 0 unspecified atom stereocenters. The van der Waals surface area contributed by atoms with E-state index in [9.17, 15) is 4.79 Å². The van der Waals surface area contributed by atoms with Crippen molar-refractivity contribution < 1.29 is 4.79 Å². The van der Waals surface area contributed by atoms with Crippen LogP contribution >= 0.6 is 15.9 Å². The molecule has 0 atom stereocenters. The number of benzene rings is 1. The Morgan fingerprint density at radius 1 is 1.31 bits per heavy atom. The molecule has 1 amide bonds. The summed E-state index contributed by atoms with van der Waals surface area (Å²) in [4.78, 5) is 13.9. The zero-order chi connectivity index (χ0) is 11.8. The maximum absolute atomic E-state index is 12.0. The van der Waals surface area contributed by atoms with Crippen LogP contribution in [0.1, 0.15) is 18.9 Å². The normalized spacial score (nSPS) is 10.1. The molecule has 88 valence electrons. The van der Waals surface area contributed by atoms with Gasteiger partial charge in [-0.1, -0.05) is 46.3 Å². The fraction of sp³-hybridized carbons (Fsp3) is 0.462. The zero-order valence-electron chi connectivity index (χ0n) is 9.66. The van der Waals surface area contributed by atoms with Crippen LogP contribution in [0.5, 0.6) is 0 Å². The van der Waals surface area contributed by atoms with Gasteiger partial charge in [-0.3, -0.25) is 4.79 Å². The summed E-state index contributed by atoms with van der Waals surface area (Å²) in [5.74, 6) is 0.217. The number of amides is 1. The lowest BCUT2D eigenvalue weighted by Crippen LogP contribution is -2.33. The van der Waals surface area contributed by atoms with E-state index < -0.39 is 0 Å². The van der Waals surface area contributed by atoms with Crippen LogP contribution < -0.4 is 0 Å². The van der Waals surface area contributed by atoms with E-state index in [-0.39, 0.29) is 5.91 Å². The average molecular weight is 284 g/mol. The number of halogens is 1. The molecule has 16 heavy (non-hydrogen) atoms. The summed E-state index contributed by atoms with van der Waals surface area (Å²) in [6, 6.07) is 9.90. The van der Waals surface area contributed by atoms with Gasteiger partial charge in [-0.05, 0) is 18.9 Å². The molecule has 1 aromatic carbocycles. The van der Waals surface area contributed by atoms with Crippen molar-refractivity contribution in [1.29, 1.82) is 0 Å². The quantitative estimate of drug-likeness (QED) is 0.736. The van der Waals surface area contributed by atoms with Gasteiger partial charge in [-0.15, -0.1) is 0 Å². The van der Waals surface area contributed by atoms with Crippen LogP contribution in [0.2, 0.25) is 0 Å². The number of alkyl halides is 1. The molecule has 3 heteroatoms. The molecule has 0 heterocycles. The first kappa shape index (κ1) is 13.2. The van der Waals surface area contributed by atoms with E-state index in [0.29, 0.717) is 6.42 Å². The minimum atomic E-state index is 0.217. The minimum Gasteiger partial charge on any atom is -0.343 e. The van der Waals surface area contributed by atoms with Crippen molar-refractivity contribution in [3.63, 3.8) is 0 Å². The van der Waals surface area contributed by atoms with Crippen LogP contribution in [-0.2, 0) is 11.2 Å². The van der Waals surface area contributed by atoms with Gasteiger partial charge in [0.2, 0.25) is 5.91 Å². The molecule has 2 nitrogen and oxygen atoms in total. The molecule has 0 saturated heterocycles. The molecule has 0 saturated carbocycles. The largest absolute Gasteiger partial charge is 0.343 e. The second-order valence-corrected chi connectivity index (χ2v) is 4.47. The molecular formula is C13H18BrNO. The Balaban J connectivity index is 2.49. The summed E-state index contributed by atoms with van der Waals surface area (Å²) < 4.78 is 0. The van der Waals surface area contributed by atoms with Crippen molar-refractivity contribution in [2.45, 2.75) is 19.8 Å². The second-order valence-electron chi connectivity index (χ2n) is 3.68. The molecule has 0 aliphatic carbocycles. The summed E-state index contributed by atoms with van der Waals surface area (Å²) >= 11 is 3.39.